The number of benzene rings is 1. The lowest BCUT2D eigenvalue weighted by molar-refractivity contribution is -0.139. The molecule has 1 aliphatic heterocycles. The van der Waals surface area contributed by atoms with Gasteiger partial charge in [0.25, 0.3) is 0 Å². The maximum absolute atomic E-state index is 12.6. The van der Waals surface area contributed by atoms with Crippen molar-refractivity contribution in [2.24, 2.45) is 5.92 Å². The molecule has 1 aromatic carbocycles. The van der Waals surface area contributed by atoms with Gasteiger partial charge in [0.2, 0.25) is 5.91 Å². The van der Waals surface area contributed by atoms with Crippen LogP contribution in [0.5, 0.6) is 0 Å². The van der Waals surface area contributed by atoms with Gasteiger partial charge in [-0.2, -0.15) is 11.3 Å². The number of aromatic nitrogens is 2. The van der Waals surface area contributed by atoms with E-state index in [-0.39, 0.29) is 11.8 Å². The Kier molecular flexibility index (Phi) is 7.20. The Balaban J connectivity index is 1.44. The van der Waals surface area contributed by atoms with Gasteiger partial charge in [-0.15, -0.1) is 0 Å². The van der Waals surface area contributed by atoms with Crippen LogP contribution in [-0.2, 0) is 22.6 Å². The molecule has 174 valence electrons. The predicted octanol–water partition coefficient (Wildman–Crippen LogP) is 3.10. The largest absolute Gasteiger partial charge is 0.480 e. The standard InChI is InChI=1S/C24H29N5O3S/c1-16(2)22(24(31)32)27-23-18-5-3-4-6-19(18)25-20(26-23)14-28-8-10-29(11-9-28)21(30)13-17-7-12-33-15-17/h3-7,12,15-16,22H,8-11,13-14H2,1-2H3,(H,31,32)(H,25,26,27)/t22-/m0/s1. The third kappa shape index (κ3) is 5.66. The van der Waals surface area contributed by atoms with Gasteiger partial charge < -0.3 is 15.3 Å². The van der Waals surface area contributed by atoms with Crippen molar-refractivity contribution < 1.29 is 14.7 Å². The van der Waals surface area contributed by atoms with Crippen LogP contribution in [-0.4, -0.2) is 69.0 Å². The molecule has 1 saturated heterocycles. The Bertz CT molecular complexity index is 1110. The molecule has 4 rings (SSSR count). The highest BCUT2D eigenvalue weighted by molar-refractivity contribution is 7.08. The van der Waals surface area contributed by atoms with Crippen LogP contribution in [0.2, 0.25) is 0 Å². The lowest BCUT2D eigenvalue weighted by atomic mass is 10.0. The number of anilines is 1. The molecule has 9 heteroatoms. The van der Waals surface area contributed by atoms with E-state index in [2.05, 4.69) is 10.2 Å². The van der Waals surface area contributed by atoms with Crippen molar-refractivity contribution >= 4 is 39.9 Å². The van der Waals surface area contributed by atoms with Gasteiger partial charge in [-0.05, 0) is 40.4 Å². The Hall–Kier alpha value is -3.04. The van der Waals surface area contributed by atoms with Crippen LogP contribution in [0.15, 0.2) is 41.1 Å². The van der Waals surface area contributed by atoms with Gasteiger partial charge >= 0.3 is 5.97 Å². The van der Waals surface area contributed by atoms with E-state index in [0.717, 1.165) is 29.6 Å². The molecular weight excluding hydrogens is 438 g/mol. The number of nitrogens with one attached hydrogen (secondary N) is 1. The molecule has 1 fully saturated rings. The summed E-state index contributed by atoms with van der Waals surface area (Å²) in [5, 5.41) is 17.5. The van der Waals surface area contributed by atoms with Gasteiger partial charge in [0.05, 0.1) is 18.5 Å². The van der Waals surface area contributed by atoms with Gasteiger partial charge in [-0.25, -0.2) is 14.8 Å². The maximum Gasteiger partial charge on any atom is 0.326 e. The minimum Gasteiger partial charge on any atom is -0.480 e. The van der Waals surface area contributed by atoms with Crippen LogP contribution < -0.4 is 5.32 Å². The number of amides is 1. The highest BCUT2D eigenvalue weighted by Crippen LogP contribution is 2.23. The molecule has 8 nitrogen and oxygen atoms in total. The first-order valence-electron chi connectivity index (χ1n) is 11.2. The van der Waals surface area contributed by atoms with Crippen LogP contribution >= 0.6 is 11.3 Å². The second kappa shape index (κ2) is 10.3. The number of fused-ring (bicyclic) bond motifs is 1. The highest BCUT2D eigenvalue weighted by Gasteiger charge is 2.25. The minimum atomic E-state index is -0.905. The third-order valence-electron chi connectivity index (χ3n) is 5.90. The molecule has 1 aliphatic rings. The molecule has 0 radical (unpaired) electrons. The Labute approximate surface area is 197 Å². The van der Waals surface area contributed by atoms with Crippen molar-refractivity contribution in [1.82, 2.24) is 19.8 Å². The second-order valence-electron chi connectivity index (χ2n) is 8.68. The predicted molar refractivity (Wildman–Crippen MR) is 129 cm³/mol. The maximum atomic E-state index is 12.6. The van der Waals surface area contributed by atoms with E-state index in [1.165, 1.54) is 0 Å². The van der Waals surface area contributed by atoms with Crippen molar-refractivity contribution in [3.8, 4) is 0 Å². The Morgan fingerprint density at radius 2 is 1.88 bits per heavy atom. The fourth-order valence-corrected chi connectivity index (χ4v) is 4.67. The van der Waals surface area contributed by atoms with E-state index in [0.29, 0.717) is 37.7 Å². The summed E-state index contributed by atoms with van der Waals surface area (Å²) in [5.74, 6) is 0.343. The SMILES string of the molecule is CC(C)[C@H](Nc1nc(CN2CCN(C(=O)Cc3ccsc3)CC2)nc2ccccc12)C(=O)O. The van der Waals surface area contributed by atoms with E-state index in [9.17, 15) is 14.7 Å². The van der Waals surface area contributed by atoms with Crippen LogP contribution in [0.3, 0.4) is 0 Å². The summed E-state index contributed by atoms with van der Waals surface area (Å²) < 4.78 is 0. The van der Waals surface area contributed by atoms with Crippen molar-refractivity contribution in [2.75, 3.05) is 31.5 Å². The van der Waals surface area contributed by atoms with Gasteiger partial charge in [-0.3, -0.25) is 9.69 Å². The Morgan fingerprint density at radius 1 is 1.12 bits per heavy atom. The molecule has 33 heavy (non-hydrogen) atoms. The molecule has 0 saturated carbocycles. The number of piperazine rings is 1. The Morgan fingerprint density at radius 3 is 2.55 bits per heavy atom. The number of nitrogens with zero attached hydrogens (tertiary/aromatic N) is 4. The first-order chi connectivity index (χ1) is 15.9. The number of carboxylic acid groups (broad SMARTS) is 1. The number of para-hydroxylation sites is 1. The molecule has 3 aromatic rings. The zero-order chi connectivity index (χ0) is 23.4. The molecule has 2 N–H and O–H groups in total. The number of rotatable bonds is 8. The van der Waals surface area contributed by atoms with Gasteiger partial charge in [0.1, 0.15) is 17.7 Å². The molecule has 0 aliphatic carbocycles. The van der Waals surface area contributed by atoms with E-state index in [1.807, 2.05) is 59.8 Å². The zero-order valence-electron chi connectivity index (χ0n) is 18.9. The fraction of sp³-hybridized carbons (Fsp3) is 0.417. The third-order valence-corrected chi connectivity index (χ3v) is 6.63. The lowest BCUT2D eigenvalue weighted by Crippen LogP contribution is -2.48. The summed E-state index contributed by atoms with van der Waals surface area (Å²) in [7, 11) is 0. The van der Waals surface area contributed by atoms with E-state index >= 15 is 0 Å². The molecule has 0 bridgehead atoms. The summed E-state index contributed by atoms with van der Waals surface area (Å²) in [6.45, 7) is 7.14. The number of thiophene rings is 1. The molecule has 0 spiro atoms. The molecule has 2 aromatic heterocycles. The monoisotopic (exact) mass is 467 g/mol. The van der Waals surface area contributed by atoms with Gasteiger partial charge in [0.15, 0.2) is 0 Å². The molecule has 3 heterocycles. The van der Waals surface area contributed by atoms with E-state index < -0.39 is 12.0 Å². The number of carboxylic acids is 1. The summed E-state index contributed by atoms with van der Waals surface area (Å²) in [4.78, 5) is 37.9. The lowest BCUT2D eigenvalue weighted by Gasteiger charge is -2.34. The number of hydrogen-bond donors (Lipinski definition) is 2. The van der Waals surface area contributed by atoms with Crippen molar-refractivity contribution in [3.63, 3.8) is 0 Å². The summed E-state index contributed by atoms with van der Waals surface area (Å²) in [6, 6.07) is 8.88. The molecule has 1 amide bonds. The molecule has 0 unspecified atom stereocenters. The van der Waals surface area contributed by atoms with Crippen LogP contribution in [0.25, 0.3) is 10.9 Å². The smallest absolute Gasteiger partial charge is 0.326 e. The molecular formula is C24H29N5O3S. The first kappa shape index (κ1) is 23.1. The summed E-state index contributed by atoms with van der Waals surface area (Å²) in [5.41, 5.74) is 1.85. The van der Waals surface area contributed by atoms with Crippen LogP contribution in [0.1, 0.15) is 25.2 Å². The van der Waals surface area contributed by atoms with E-state index in [4.69, 9.17) is 9.97 Å². The first-order valence-corrected chi connectivity index (χ1v) is 12.1. The van der Waals surface area contributed by atoms with Crippen LogP contribution in [0.4, 0.5) is 5.82 Å². The van der Waals surface area contributed by atoms with Crippen molar-refractivity contribution in [1.29, 1.82) is 0 Å². The quantitative estimate of drug-likeness (QED) is 0.525. The topological polar surface area (TPSA) is 98.7 Å². The van der Waals surface area contributed by atoms with Crippen LogP contribution in [0, 0.1) is 5.92 Å². The normalized spacial score (nSPS) is 15.7. The summed E-state index contributed by atoms with van der Waals surface area (Å²) in [6.07, 6.45) is 0.451. The summed E-state index contributed by atoms with van der Waals surface area (Å²) >= 11 is 1.61. The number of carbonyl (C=O) groups is 2. The van der Waals surface area contributed by atoms with Crippen molar-refractivity contribution in [3.05, 3.63) is 52.5 Å². The second-order valence-corrected chi connectivity index (χ2v) is 9.46. The number of aliphatic carboxylic acids is 1. The number of hydrogen-bond acceptors (Lipinski definition) is 7. The fourth-order valence-electron chi connectivity index (χ4n) is 4.00. The zero-order valence-corrected chi connectivity index (χ0v) is 19.7. The average molecular weight is 468 g/mol. The van der Waals surface area contributed by atoms with Gasteiger partial charge in [0, 0.05) is 31.6 Å². The van der Waals surface area contributed by atoms with E-state index in [1.54, 1.807) is 11.3 Å². The number of carbonyl (C=O) groups excluding carboxylic acids is 1. The van der Waals surface area contributed by atoms with Crippen molar-refractivity contribution in [2.45, 2.75) is 32.9 Å². The highest BCUT2D eigenvalue weighted by atomic mass is 32.1. The van der Waals surface area contributed by atoms with Gasteiger partial charge in [-0.1, -0.05) is 26.0 Å². The molecule has 1 atom stereocenters. The average Bonchev–Trinajstić information content (AvgIpc) is 3.30. The minimum absolute atomic E-state index is 0.0978.